The molecule has 2 rings (SSSR count). The van der Waals surface area contributed by atoms with E-state index in [4.69, 9.17) is 23.2 Å². The van der Waals surface area contributed by atoms with Gasteiger partial charge in [-0.2, -0.15) is 0 Å². The van der Waals surface area contributed by atoms with Gasteiger partial charge in [0.2, 0.25) is 0 Å². The van der Waals surface area contributed by atoms with Gasteiger partial charge >= 0.3 is 0 Å². The Labute approximate surface area is 108 Å². The molecule has 2 fully saturated rings. The Hall–Kier alpha value is 0.240. The quantitative estimate of drug-likeness (QED) is 0.820. The van der Waals surface area contributed by atoms with Gasteiger partial charge in [0.1, 0.15) is 0 Å². The Balaban J connectivity index is 1.69. The lowest BCUT2D eigenvalue weighted by Crippen LogP contribution is -2.40. The molecule has 0 aromatic rings. The van der Waals surface area contributed by atoms with E-state index < -0.39 is 0 Å². The highest BCUT2D eigenvalue weighted by molar-refractivity contribution is 6.36. The van der Waals surface area contributed by atoms with Crippen LogP contribution in [0.5, 0.6) is 0 Å². The van der Waals surface area contributed by atoms with Crippen molar-refractivity contribution in [2.24, 2.45) is 5.92 Å². The van der Waals surface area contributed by atoms with Crippen molar-refractivity contribution < 1.29 is 0 Å². The molecular weight excluding hydrogens is 243 g/mol. The van der Waals surface area contributed by atoms with Gasteiger partial charge in [-0.3, -0.25) is 4.90 Å². The SMILES string of the molecule is ClC=C(Cl)CN1CCCC(CNC2CC2)C1. The molecule has 0 aromatic heterocycles. The number of nitrogens with one attached hydrogen (secondary N) is 1. The summed E-state index contributed by atoms with van der Waals surface area (Å²) in [7, 11) is 0. The molecule has 1 unspecified atom stereocenters. The highest BCUT2D eigenvalue weighted by Crippen LogP contribution is 2.22. The molecule has 1 saturated carbocycles. The minimum atomic E-state index is 0.748. The zero-order chi connectivity index (χ0) is 11.4. The van der Waals surface area contributed by atoms with Crippen LogP contribution in [0.1, 0.15) is 25.7 Å². The molecule has 92 valence electrons. The van der Waals surface area contributed by atoms with Gasteiger partial charge in [0.25, 0.3) is 0 Å². The van der Waals surface area contributed by atoms with E-state index in [2.05, 4.69) is 10.2 Å². The first-order chi connectivity index (χ1) is 7.78. The van der Waals surface area contributed by atoms with Gasteiger partial charge in [0.05, 0.1) is 0 Å². The third-order valence-corrected chi connectivity index (χ3v) is 3.97. The van der Waals surface area contributed by atoms with Gasteiger partial charge in [-0.05, 0) is 44.7 Å². The van der Waals surface area contributed by atoms with Crippen LogP contribution in [0.25, 0.3) is 0 Å². The van der Waals surface area contributed by atoms with Crippen molar-refractivity contribution in [2.75, 3.05) is 26.2 Å². The van der Waals surface area contributed by atoms with Crippen molar-refractivity contribution in [2.45, 2.75) is 31.7 Å². The highest BCUT2D eigenvalue weighted by atomic mass is 35.5. The molecule has 16 heavy (non-hydrogen) atoms. The molecule has 2 nitrogen and oxygen atoms in total. The maximum absolute atomic E-state index is 5.96. The second-order valence-electron chi connectivity index (χ2n) is 4.98. The normalized spacial score (nSPS) is 28.4. The minimum absolute atomic E-state index is 0.748. The summed E-state index contributed by atoms with van der Waals surface area (Å²) < 4.78 is 0. The van der Waals surface area contributed by atoms with E-state index in [-0.39, 0.29) is 0 Å². The van der Waals surface area contributed by atoms with Crippen LogP contribution >= 0.6 is 23.2 Å². The standard InChI is InChI=1S/C12H20Cl2N2/c13-6-11(14)9-16-5-1-2-10(8-16)7-15-12-3-4-12/h6,10,12,15H,1-5,7-9H2. The molecule has 0 bridgehead atoms. The highest BCUT2D eigenvalue weighted by Gasteiger charge is 2.24. The largest absolute Gasteiger partial charge is 0.314 e. The number of piperidine rings is 1. The maximum atomic E-state index is 5.96. The molecule has 1 N–H and O–H groups in total. The van der Waals surface area contributed by atoms with Crippen molar-refractivity contribution in [3.63, 3.8) is 0 Å². The van der Waals surface area contributed by atoms with Gasteiger partial charge < -0.3 is 5.32 Å². The first-order valence-electron chi connectivity index (χ1n) is 6.18. The topological polar surface area (TPSA) is 15.3 Å². The molecule has 1 aliphatic carbocycles. The van der Waals surface area contributed by atoms with Crippen LogP contribution in [0.2, 0.25) is 0 Å². The van der Waals surface area contributed by atoms with Gasteiger partial charge in [0, 0.05) is 29.7 Å². The number of nitrogens with zero attached hydrogens (tertiary/aromatic N) is 1. The lowest BCUT2D eigenvalue weighted by molar-refractivity contribution is 0.187. The summed E-state index contributed by atoms with van der Waals surface area (Å²) in [5.41, 5.74) is 1.48. The number of hydrogen-bond acceptors (Lipinski definition) is 2. The van der Waals surface area contributed by atoms with Gasteiger partial charge in [-0.1, -0.05) is 23.2 Å². The second-order valence-corrected chi connectivity index (χ2v) is 5.69. The summed E-state index contributed by atoms with van der Waals surface area (Å²) in [4.78, 5) is 2.41. The van der Waals surface area contributed by atoms with Crippen LogP contribution in [-0.2, 0) is 0 Å². The van der Waals surface area contributed by atoms with E-state index in [9.17, 15) is 0 Å². The zero-order valence-electron chi connectivity index (χ0n) is 9.59. The first-order valence-corrected chi connectivity index (χ1v) is 7.00. The number of halogens is 2. The van der Waals surface area contributed by atoms with E-state index >= 15 is 0 Å². The Morgan fingerprint density at radius 2 is 2.19 bits per heavy atom. The molecule has 1 heterocycles. The molecule has 0 amide bonds. The Morgan fingerprint density at radius 1 is 1.38 bits per heavy atom. The minimum Gasteiger partial charge on any atom is -0.314 e. The molecule has 4 heteroatoms. The van der Waals surface area contributed by atoms with Crippen molar-refractivity contribution in [3.8, 4) is 0 Å². The third kappa shape index (κ3) is 4.25. The predicted molar refractivity (Wildman–Crippen MR) is 70.0 cm³/mol. The van der Waals surface area contributed by atoms with Crippen LogP contribution in [-0.4, -0.2) is 37.1 Å². The maximum Gasteiger partial charge on any atom is 0.0434 e. The van der Waals surface area contributed by atoms with Crippen LogP contribution in [0.15, 0.2) is 10.6 Å². The average molecular weight is 263 g/mol. The lowest BCUT2D eigenvalue weighted by atomic mass is 9.98. The molecule has 2 aliphatic rings. The summed E-state index contributed by atoms with van der Waals surface area (Å²) in [5.74, 6) is 0.786. The summed E-state index contributed by atoms with van der Waals surface area (Å²) >= 11 is 11.5. The van der Waals surface area contributed by atoms with Crippen molar-refractivity contribution in [3.05, 3.63) is 10.6 Å². The van der Waals surface area contributed by atoms with Crippen LogP contribution < -0.4 is 5.32 Å². The molecule has 1 aliphatic heterocycles. The van der Waals surface area contributed by atoms with Crippen LogP contribution in [0.3, 0.4) is 0 Å². The van der Waals surface area contributed by atoms with Gasteiger partial charge in [-0.15, -0.1) is 0 Å². The van der Waals surface area contributed by atoms with E-state index in [0.29, 0.717) is 0 Å². The molecular formula is C12H20Cl2N2. The van der Waals surface area contributed by atoms with Crippen molar-refractivity contribution in [1.29, 1.82) is 0 Å². The molecule has 0 aromatic carbocycles. The molecule has 1 atom stereocenters. The van der Waals surface area contributed by atoms with E-state index in [0.717, 1.165) is 36.6 Å². The molecule has 0 spiro atoms. The summed E-state index contributed by atoms with van der Waals surface area (Å²) in [6.07, 6.45) is 5.37. The zero-order valence-corrected chi connectivity index (χ0v) is 11.1. The molecule has 1 saturated heterocycles. The Morgan fingerprint density at radius 3 is 2.88 bits per heavy atom. The fourth-order valence-electron chi connectivity index (χ4n) is 2.33. The van der Waals surface area contributed by atoms with Crippen LogP contribution in [0.4, 0.5) is 0 Å². The van der Waals surface area contributed by atoms with Gasteiger partial charge in [-0.25, -0.2) is 0 Å². The lowest BCUT2D eigenvalue weighted by Gasteiger charge is -2.32. The average Bonchev–Trinajstić information content (AvgIpc) is 3.10. The van der Waals surface area contributed by atoms with Crippen molar-refractivity contribution in [1.82, 2.24) is 10.2 Å². The third-order valence-electron chi connectivity index (χ3n) is 3.37. The van der Waals surface area contributed by atoms with Crippen molar-refractivity contribution >= 4 is 23.2 Å². The van der Waals surface area contributed by atoms with Crippen LogP contribution in [0, 0.1) is 5.92 Å². The van der Waals surface area contributed by atoms with E-state index in [1.54, 1.807) is 0 Å². The number of likely N-dealkylation sites (tertiary alicyclic amines) is 1. The second kappa shape index (κ2) is 6.25. The monoisotopic (exact) mass is 262 g/mol. The van der Waals surface area contributed by atoms with E-state index in [1.807, 2.05) is 0 Å². The molecule has 0 radical (unpaired) electrons. The van der Waals surface area contributed by atoms with Gasteiger partial charge in [0.15, 0.2) is 0 Å². The Kier molecular flexibility index (Phi) is 4.96. The first kappa shape index (κ1) is 12.7. The summed E-state index contributed by atoms with van der Waals surface area (Å²) in [6.45, 7) is 4.29. The smallest absolute Gasteiger partial charge is 0.0434 e. The predicted octanol–water partition coefficient (Wildman–Crippen LogP) is 2.77. The Bertz CT molecular complexity index is 251. The summed E-state index contributed by atoms with van der Waals surface area (Å²) in [5, 5.41) is 4.36. The fourth-order valence-corrected chi connectivity index (χ4v) is 2.57. The number of rotatable bonds is 5. The number of hydrogen-bond donors (Lipinski definition) is 1. The summed E-state index contributed by atoms with van der Waals surface area (Å²) in [6, 6.07) is 0.821. The fraction of sp³-hybridized carbons (Fsp3) is 0.833. The van der Waals surface area contributed by atoms with E-state index in [1.165, 1.54) is 37.8 Å².